The smallest absolute Gasteiger partial charge is 0.259 e. The minimum atomic E-state index is -0.279. The van der Waals surface area contributed by atoms with Crippen molar-refractivity contribution in [1.82, 2.24) is 10.1 Å². The summed E-state index contributed by atoms with van der Waals surface area (Å²) in [4.78, 5) is 20.0. The summed E-state index contributed by atoms with van der Waals surface area (Å²) in [6.07, 6.45) is 0. The van der Waals surface area contributed by atoms with Crippen LogP contribution in [0.5, 0.6) is 11.5 Å². The van der Waals surface area contributed by atoms with Gasteiger partial charge in [-0.15, -0.1) is 11.3 Å². The van der Waals surface area contributed by atoms with E-state index in [-0.39, 0.29) is 5.91 Å². The number of hydrogen-bond acceptors (Lipinski definition) is 7. The van der Waals surface area contributed by atoms with Gasteiger partial charge >= 0.3 is 0 Å². The van der Waals surface area contributed by atoms with Crippen LogP contribution in [0.4, 0.5) is 5.69 Å². The standard InChI is InChI=1S/C22H21N3O4S/c1-11-8-17(27-4)18(28-5)10-15(11)23-21(26)14-9-16(19-7-6-12(2)30-19)24-22-20(14)13(3)25-29-22/h6-10H,1-5H3,(H,23,26). The first-order valence-corrected chi connectivity index (χ1v) is 10.1. The van der Waals surface area contributed by atoms with Crippen molar-refractivity contribution in [2.45, 2.75) is 20.8 Å². The van der Waals surface area contributed by atoms with Gasteiger partial charge in [-0.3, -0.25) is 4.79 Å². The molecular formula is C22H21N3O4S. The van der Waals surface area contributed by atoms with Crippen LogP contribution < -0.4 is 14.8 Å². The number of methoxy groups -OCH3 is 2. The number of carbonyl (C=O) groups is 1. The quantitative estimate of drug-likeness (QED) is 0.478. The predicted octanol–water partition coefficient (Wildman–Crippen LogP) is 5.15. The molecule has 0 radical (unpaired) electrons. The SMILES string of the molecule is COc1cc(C)c(NC(=O)c2cc(-c3ccc(C)s3)nc3onc(C)c23)cc1OC. The fourth-order valence-electron chi connectivity index (χ4n) is 3.28. The molecule has 0 aliphatic carbocycles. The molecule has 0 unspecified atom stereocenters. The molecule has 3 aromatic heterocycles. The maximum absolute atomic E-state index is 13.3. The lowest BCUT2D eigenvalue weighted by Crippen LogP contribution is -2.14. The van der Waals surface area contributed by atoms with Gasteiger partial charge in [0.05, 0.1) is 41.4 Å². The van der Waals surface area contributed by atoms with E-state index in [4.69, 9.17) is 14.0 Å². The highest BCUT2D eigenvalue weighted by Crippen LogP contribution is 2.34. The number of anilines is 1. The highest BCUT2D eigenvalue weighted by molar-refractivity contribution is 7.15. The Labute approximate surface area is 177 Å². The summed E-state index contributed by atoms with van der Waals surface area (Å²) in [7, 11) is 3.13. The van der Waals surface area contributed by atoms with Crippen molar-refractivity contribution in [1.29, 1.82) is 0 Å². The van der Waals surface area contributed by atoms with Gasteiger partial charge in [0.2, 0.25) is 0 Å². The first-order chi connectivity index (χ1) is 14.4. The Kier molecular flexibility index (Phi) is 5.17. The maximum Gasteiger partial charge on any atom is 0.259 e. The summed E-state index contributed by atoms with van der Waals surface area (Å²) in [5.74, 6) is 0.859. The van der Waals surface area contributed by atoms with Gasteiger partial charge in [0.15, 0.2) is 11.5 Å². The van der Waals surface area contributed by atoms with Gasteiger partial charge in [0.25, 0.3) is 11.6 Å². The number of carbonyl (C=O) groups excluding carboxylic acids is 1. The number of thiophene rings is 1. The van der Waals surface area contributed by atoms with Gasteiger partial charge in [-0.25, -0.2) is 4.98 Å². The van der Waals surface area contributed by atoms with Crippen molar-refractivity contribution in [3.05, 3.63) is 52.0 Å². The Bertz CT molecular complexity index is 1260. The predicted molar refractivity (Wildman–Crippen MR) is 117 cm³/mol. The number of benzene rings is 1. The largest absolute Gasteiger partial charge is 0.493 e. The van der Waals surface area contributed by atoms with E-state index in [0.717, 1.165) is 15.3 Å². The molecule has 0 saturated heterocycles. The van der Waals surface area contributed by atoms with Crippen molar-refractivity contribution in [2.24, 2.45) is 0 Å². The average molecular weight is 423 g/mol. The highest BCUT2D eigenvalue weighted by Gasteiger charge is 2.21. The second-order valence-electron chi connectivity index (χ2n) is 6.89. The van der Waals surface area contributed by atoms with Gasteiger partial charge in [-0.1, -0.05) is 5.16 Å². The van der Waals surface area contributed by atoms with E-state index in [0.29, 0.717) is 45.2 Å². The van der Waals surface area contributed by atoms with Gasteiger partial charge in [-0.05, 0) is 50.6 Å². The zero-order chi connectivity index (χ0) is 21.4. The molecule has 1 aromatic carbocycles. The molecule has 0 bridgehead atoms. The molecule has 154 valence electrons. The number of aromatic nitrogens is 2. The summed E-state index contributed by atoms with van der Waals surface area (Å²) in [6.45, 7) is 5.71. The number of ether oxygens (including phenoxy) is 2. The van der Waals surface area contributed by atoms with Gasteiger partial charge < -0.3 is 19.3 Å². The summed E-state index contributed by atoms with van der Waals surface area (Å²) >= 11 is 1.61. The van der Waals surface area contributed by atoms with E-state index < -0.39 is 0 Å². The van der Waals surface area contributed by atoms with Crippen molar-refractivity contribution >= 4 is 34.0 Å². The van der Waals surface area contributed by atoms with Crippen LogP contribution >= 0.6 is 11.3 Å². The normalized spacial score (nSPS) is 11.0. The van der Waals surface area contributed by atoms with Gasteiger partial charge in [-0.2, -0.15) is 0 Å². The second kappa shape index (κ2) is 7.79. The number of pyridine rings is 1. The number of aryl methyl sites for hydroxylation is 3. The minimum Gasteiger partial charge on any atom is -0.493 e. The van der Waals surface area contributed by atoms with Crippen LogP contribution in [0.3, 0.4) is 0 Å². The van der Waals surface area contributed by atoms with E-state index in [2.05, 4.69) is 15.5 Å². The van der Waals surface area contributed by atoms with E-state index in [9.17, 15) is 4.79 Å². The van der Waals surface area contributed by atoms with Crippen LogP contribution in [-0.2, 0) is 0 Å². The van der Waals surface area contributed by atoms with Crippen LogP contribution in [0.1, 0.15) is 26.5 Å². The van der Waals surface area contributed by atoms with Crippen molar-refractivity contribution < 1.29 is 18.8 Å². The highest BCUT2D eigenvalue weighted by atomic mass is 32.1. The average Bonchev–Trinajstić information content (AvgIpc) is 3.34. The molecule has 0 aliphatic rings. The van der Waals surface area contributed by atoms with Crippen molar-refractivity contribution in [2.75, 3.05) is 19.5 Å². The minimum absolute atomic E-state index is 0.279. The fraction of sp³-hybridized carbons (Fsp3) is 0.227. The molecule has 0 aliphatic heterocycles. The molecule has 0 saturated carbocycles. The Hall–Kier alpha value is -3.39. The molecule has 1 N–H and O–H groups in total. The van der Waals surface area contributed by atoms with Crippen LogP contribution in [-0.4, -0.2) is 30.3 Å². The molecule has 0 spiro atoms. The molecular weight excluding hydrogens is 402 g/mol. The summed E-state index contributed by atoms with van der Waals surface area (Å²) < 4.78 is 16.1. The third-order valence-corrected chi connectivity index (χ3v) is 5.86. The molecule has 1 amide bonds. The first kappa shape index (κ1) is 19.9. The number of amides is 1. The Balaban J connectivity index is 1.79. The van der Waals surface area contributed by atoms with E-state index in [1.54, 1.807) is 44.6 Å². The molecule has 8 heteroatoms. The summed E-state index contributed by atoms with van der Waals surface area (Å²) in [6, 6.07) is 9.35. The lowest BCUT2D eigenvalue weighted by atomic mass is 10.1. The number of rotatable bonds is 5. The summed E-state index contributed by atoms with van der Waals surface area (Å²) in [5.41, 5.74) is 3.55. The Morgan fingerprint density at radius 1 is 1.07 bits per heavy atom. The zero-order valence-electron chi connectivity index (χ0n) is 17.3. The second-order valence-corrected chi connectivity index (χ2v) is 8.18. The summed E-state index contributed by atoms with van der Waals surface area (Å²) in [5, 5.41) is 7.58. The number of fused-ring (bicyclic) bond motifs is 1. The third kappa shape index (κ3) is 3.50. The van der Waals surface area contributed by atoms with Crippen molar-refractivity contribution in [3.8, 4) is 22.1 Å². The van der Waals surface area contributed by atoms with Gasteiger partial charge in [0, 0.05) is 16.6 Å². The molecule has 4 aromatic rings. The molecule has 4 rings (SSSR count). The van der Waals surface area contributed by atoms with Crippen LogP contribution in [0.15, 0.2) is 34.9 Å². The third-order valence-electron chi connectivity index (χ3n) is 4.83. The van der Waals surface area contributed by atoms with Crippen LogP contribution in [0, 0.1) is 20.8 Å². The topological polar surface area (TPSA) is 86.5 Å². The fourth-order valence-corrected chi connectivity index (χ4v) is 4.11. The monoisotopic (exact) mass is 423 g/mol. The van der Waals surface area contributed by atoms with Crippen LogP contribution in [0.25, 0.3) is 21.7 Å². The molecule has 0 atom stereocenters. The zero-order valence-corrected chi connectivity index (χ0v) is 18.1. The first-order valence-electron chi connectivity index (χ1n) is 9.29. The Morgan fingerprint density at radius 2 is 1.80 bits per heavy atom. The maximum atomic E-state index is 13.3. The van der Waals surface area contributed by atoms with E-state index in [1.165, 1.54) is 0 Å². The lowest BCUT2D eigenvalue weighted by molar-refractivity contribution is 0.102. The molecule has 0 fully saturated rings. The molecule has 30 heavy (non-hydrogen) atoms. The molecule has 3 heterocycles. The van der Waals surface area contributed by atoms with Gasteiger partial charge in [0.1, 0.15) is 0 Å². The van der Waals surface area contributed by atoms with E-state index in [1.807, 2.05) is 32.0 Å². The lowest BCUT2D eigenvalue weighted by Gasteiger charge is -2.14. The molecule has 7 nitrogen and oxygen atoms in total. The number of nitrogens with zero attached hydrogens (tertiary/aromatic N) is 2. The van der Waals surface area contributed by atoms with E-state index >= 15 is 0 Å². The Morgan fingerprint density at radius 3 is 2.47 bits per heavy atom. The number of hydrogen-bond donors (Lipinski definition) is 1. The number of nitrogens with one attached hydrogen (secondary N) is 1. The van der Waals surface area contributed by atoms with Crippen LogP contribution in [0.2, 0.25) is 0 Å². The van der Waals surface area contributed by atoms with Crippen molar-refractivity contribution in [3.63, 3.8) is 0 Å².